The summed E-state index contributed by atoms with van der Waals surface area (Å²) in [4.78, 5) is 9.39. The van der Waals surface area contributed by atoms with Gasteiger partial charge in [0.05, 0.1) is 5.88 Å². The summed E-state index contributed by atoms with van der Waals surface area (Å²) in [6.07, 6.45) is 3.87. The molecule has 1 saturated carbocycles. The quantitative estimate of drug-likeness (QED) is 0.777. The van der Waals surface area contributed by atoms with E-state index in [0.29, 0.717) is 11.4 Å². The molecular formula is C16H26ClN3. The van der Waals surface area contributed by atoms with E-state index in [1.54, 1.807) is 0 Å². The van der Waals surface area contributed by atoms with Crippen LogP contribution in [0.25, 0.3) is 0 Å². The van der Waals surface area contributed by atoms with Gasteiger partial charge in [0.1, 0.15) is 5.82 Å². The summed E-state index contributed by atoms with van der Waals surface area (Å²) < 4.78 is 0. The van der Waals surface area contributed by atoms with Crippen LogP contribution in [0.15, 0.2) is 6.07 Å². The van der Waals surface area contributed by atoms with Crippen molar-refractivity contribution in [1.82, 2.24) is 9.88 Å². The molecule has 0 saturated heterocycles. The zero-order valence-corrected chi connectivity index (χ0v) is 14.1. The number of hydrogen-bond donors (Lipinski definition) is 0. The Kier molecular flexibility index (Phi) is 4.60. The highest BCUT2D eigenvalue weighted by molar-refractivity contribution is 6.17. The lowest BCUT2D eigenvalue weighted by Gasteiger charge is -2.49. The van der Waals surface area contributed by atoms with Crippen LogP contribution < -0.4 is 4.90 Å². The first-order chi connectivity index (χ1) is 9.39. The summed E-state index contributed by atoms with van der Waals surface area (Å²) in [5, 5.41) is 0. The number of alkyl halides is 1. The van der Waals surface area contributed by atoms with Crippen LogP contribution in [0.5, 0.6) is 0 Å². The van der Waals surface area contributed by atoms with Crippen LogP contribution in [0.1, 0.15) is 36.1 Å². The predicted octanol–water partition coefficient (Wildman–Crippen LogP) is 3.36. The second kappa shape index (κ2) is 5.90. The number of hydrogen-bond acceptors (Lipinski definition) is 3. The molecule has 1 aliphatic rings. The zero-order chi connectivity index (χ0) is 14.9. The van der Waals surface area contributed by atoms with Crippen LogP contribution in [0, 0.1) is 13.8 Å². The lowest BCUT2D eigenvalue weighted by atomic mass is 9.75. The minimum Gasteiger partial charge on any atom is -0.358 e. The van der Waals surface area contributed by atoms with E-state index in [9.17, 15) is 0 Å². The molecule has 0 N–H and O–H groups in total. The Bertz CT molecular complexity index is 481. The van der Waals surface area contributed by atoms with E-state index in [1.165, 1.54) is 24.8 Å². The number of aromatic nitrogens is 1. The number of rotatable bonds is 5. The first-order valence-electron chi connectivity index (χ1n) is 7.31. The predicted molar refractivity (Wildman–Crippen MR) is 86.8 cm³/mol. The molecule has 2 rings (SSSR count). The average molecular weight is 296 g/mol. The van der Waals surface area contributed by atoms with E-state index in [0.717, 1.165) is 23.6 Å². The standard InChI is InChI=1S/C16H26ClN3/c1-12-9-13(2)18-15(14(12)10-17)20(5)11-16(19(3)4)7-6-8-16/h9H,6-8,10-11H2,1-5H3. The topological polar surface area (TPSA) is 19.4 Å². The van der Waals surface area contributed by atoms with Gasteiger partial charge in [-0.25, -0.2) is 4.98 Å². The highest BCUT2D eigenvalue weighted by Crippen LogP contribution is 2.38. The number of nitrogens with zero attached hydrogens (tertiary/aromatic N) is 3. The molecule has 0 bridgehead atoms. The molecule has 3 nitrogen and oxygen atoms in total. The minimum absolute atomic E-state index is 0.303. The first-order valence-corrected chi connectivity index (χ1v) is 7.85. The molecule has 0 atom stereocenters. The highest BCUT2D eigenvalue weighted by Gasteiger charge is 2.40. The van der Waals surface area contributed by atoms with Gasteiger partial charge in [-0.1, -0.05) is 0 Å². The number of anilines is 1. The maximum atomic E-state index is 6.14. The van der Waals surface area contributed by atoms with Crippen molar-refractivity contribution in [2.75, 3.05) is 32.6 Å². The van der Waals surface area contributed by atoms with Crippen LogP contribution in [-0.2, 0) is 5.88 Å². The van der Waals surface area contributed by atoms with Gasteiger partial charge in [0.25, 0.3) is 0 Å². The van der Waals surface area contributed by atoms with Crippen molar-refractivity contribution in [3.8, 4) is 0 Å². The van der Waals surface area contributed by atoms with Gasteiger partial charge in [-0.05, 0) is 58.8 Å². The Morgan fingerprint density at radius 3 is 2.35 bits per heavy atom. The van der Waals surface area contributed by atoms with E-state index >= 15 is 0 Å². The van der Waals surface area contributed by atoms with E-state index < -0.39 is 0 Å². The number of aryl methyl sites for hydroxylation is 2. The molecule has 1 aliphatic carbocycles. The summed E-state index contributed by atoms with van der Waals surface area (Å²) >= 11 is 6.14. The van der Waals surface area contributed by atoms with Crippen LogP contribution >= 0.6 is 11.6 Å². The van der Waals surface area contributed by atoms with E-state index in [-0.39, 0.29) is 0 Å². The third kappa shape index (κ3) is 2.79. The number of likely N-dealkylation sites (N-methyl/N-ethyl adjacent to an activating group) is 2. The summed E-state index contributed by atoms with van der Waals surface area (Å²) in [5.74, 6) is 1.57. The van der Waals surface area contributed by atoms with E-state index in [4.69, 9.17) is 16.6 Å². The van der Waals surface area contributed by atoms with Crippen molar-refractivity contribution < 1.29 is 0 Å². The highest BCUT2D eigenvalue weighted by atomic mass is 35.5. The Morgan fingerprint density at radius 1 is 1.25 bits per heavy atom. The third-order valence-electron chi connectivity index (χ3n) is 4.71. The molecule has 1 fully saturated rings. The summed E-state index contributed by atoms with van der Waals surface area (Å²) in [5.41, 5.74) is 3.76. The molecule has 0 radical (unpaired) electrons. The summed E-state index contributed by atoms with van der Waals surface area (Å²) in [7, 11) is 6.51. The van der Waals surface area contributed by atoms with Gasteiger partial charge >= 0.3 is 0 Å². The monoisotopic (exact) mass is 295 g/mol. The molecule has 0 unspecified atom stereocenters. The van der Waals surface area contributed by atoms with Gasteiger partial charge < -0.3 is 9.80 Å². The Hall–Kier alpha value is -0.800. The maximum Gasteiger partial charge on any atom is 0.133 e. The molecular weight excluding hydrogens is 270 g/mol. The Labute approximate surface area is 127 Å². The minimum atomic E-state index is 0.303. The van der Waals surface area contributed by atoms with Gasteiger partial charge in [0.2, 0.25) is 0 Å². The van der Waals surface area contributed by atoms with E-state index in [1.807, 2.05) is 6.92 Å². The summed E-state index contributed by atoms with van der Waals surface area (Å²) in [6.45, 7) is 5.18. The SMILES string of the molecule is Cc1cc(C)c(CCl)c(N(C)CC2(N(C)C)CCC2)n1. The molecule has 4 heteroatoms. The van der Waals surface area contributed by atoms with E-state index in [2.05, 4.69) is 43.9 Å². The largest absolute Gasteiger partial charge is 0.358 e. The molecule has 1 heterocycles. The van der Waals surface area contributed by atoms with Gasteiger partial charge in [0.15, 0.2) is 0 Å². The Balaban J connectivity index is 2.27. The maximum absolute atomic E-state index is 6.14. The normalized spacial score (nSPS) is 17.1. The van der Waals surface area contributed by atoms with Crippen LogP contribution in [0.3, 0.4) is 0 Å². The number of pyridine rings is 1. The van der Waals surface area contributed by atoms with Gasteiger partial charge in [-0.3, -0.25) is 0 Å². The molecule has 0 spiro atoms. The van der Waals surface area contributed by atoms with Crippen molar-refractivity contribution >= 4 is 17.4 Å². The van der Waals surface area contributed by atoms with Gasteiger partial charge in [-0.2, -0.15) is 0 Å². The molecule has 1 aromatic rings. The summed E-state index contributed by atoms with van der Waals surface area (Å²) in [6, 6.07) is 2.11. The van der Waals surface area contributed by atoms with Gasteiger partial charge in [-0.15, -0.1) is 11.6 Å². The first kappa shape index (κ1) is 15.6. The van der Waals surface area contributed by atoms with Crippen molar-refractivity contribution in [1.29, 1.82) is 0 Å². The Morgan fingerprint density at radius 2 is 1.90 bits per heavy atom. The lowest BCUT2D eigenvalue weighted by Crippen LogP contribution is -2.57. The molecule has 20 heavy (non-hydrogen) atoms. The second-order valence-electron chi connectivity index (χ2n) is 6.34. The van der Waals surface area contributed by atoms with Crippen LogP contribution in [0.2, 0.25) is 0 Å². The molecule has 0 aromatic carbocycles. The number of halogens is 1. The molecule has 0 amide bonds. The average Bonchev–Trinajstić information content (AvgIpc) is 2.32. The molecule has 0 aliphatic heterocycles. The second-order valence-corrected chi connectivity index (χ2v) is 6.61. The fourth-order valence-electron chi connectivity index (χ4n) is 3.17. The lowest BCUT2D eigenvalue weighted by molar-refractivity contribution is 0.0681. The van der Waals surface area contributed by atoms with Gasteiger partial charge in [0, 0.05) is 30.4 Å². The zero-order valence-electron chi connectivity index (χ0n) is 13.3. The van der Waals surface area contributed by atoms with Crippen molar-refractivity contribution in [3.63, 3.8) is 0 Å². The molecule has 112 valence electrons. The fourth-order valence-corrected chi connectivity index (χ4v) is 3.50. The smallest absolute Gasteiger partial charge is 0.133 e. The van der Waals surface area contributed by atoms with Crippen molar-refractivity contribution in [2.24, 2.45) is 0 Å². The fraction of sp³-hybridized carbons (Fsp3) is 0.688. The van der Waals surface area contributed by atoms with Crippen LogP contribution in [-0.4, -0.2) is 43.1 Å². The third-order valence-corrected chi connectivity index (χ3v) is 4.98. The molecule has 1 aromatic heterocycles. The van der Waals surface area contributed by atoms with Crippen molar-refractivity contribution in [3.05, 3.63) is 22.9 Å². The van der Waals surface area contributed by atoms with Crippen molar-refractivity contribution in [2.45, 2.75) is 44.5 Å². The van der Waals surface area contributed by atoms with Crippen LogP contribution in [0.4, 0.5) is 5.82 Å².